The molecule has 1 unspecified atom stereocenters. The van der Waals surface area contributed by atoms with Gasteiger partial charge in [-0.25, -0.2) is 0 Å². The molecule has 2 aromatic rings. The predicted molar refractivity (Wildman–Crippen MR) is 77.0 cm³/mol. The molecule has 1 aromatic heterocycles. The summed E-state index contributed by atoms with van der Waals surface area (Å²) < 4.78 is 1.10. The average Bonchev–Trinajstić information content (AvgIpc) is 2.75. The summed E-state index contributed by atoms with van der Waals surface area (Å²) >= 11 is 5.20. The van der Waals surface area contributed by atoms with Crippen LogP contribution in [0.25, 0.3) is 0 Å². The van der Waals surface area contributed by atoms with Crippen molar-refractivity contribution < 1.29 is 0 Å². The number of nitrogens with two attached hydrogens (primary N) is 1. The van der Waals surface area contributed by atoms with Gasteiger partial charge in [-0.1, -0.05) is 28.1 Å². The highest BCUT2D eigenvalue weighted by Gasteiger charge is 2.11. The Morgan fingerprint density at radius 3 is 2.59 bits per heavy atom. The third kappa shape index (κ3) is 3.39. The van der Waals surface area contributed by atoms with E-state index in [9.17, 15) is 0 Å². The molecule has 0 saturated carbocycles. The Bertz CT molecular complexity index is 478. The molecule has 1 heterocycles. The number of halogens is 1. The van der Waals surface area contributed by atoms with E-state index in [2.05, 4.69) is 64.0 Å². The molecule has 90 valence electrons. The molecular formula is C13H15BrN2S. The van der Waals surface area contributed by atoms with Crippen LogP contribution in [-0.2, 0) is 6.42 Å². The molecule has 0 fully saturated rings. The summed E-state index contributed by atoms with van der Waals surface area (Å²) in [5.74, 6) is 5.64. The van der Waals surface area contributed by atoms with E-state index in [1.54, 1.807) is 11.3 Å². The van der Waals surface area contributed by atoms with Crippen LogP contribution in [0, 0.1) is 6.92 Å². The van der Waals surface area contributed by atoms with Gasteiger partial charge in [0.25, 0.3) is 0 Å². The first kappa shape index (κ1) is 12.8. The largest absolute Gasteiger partial charge is 0.271 e. The van der Waals surface area contributed by atoms with Crippen molar-refractivity contribution in [3.05, 3.63) is 56.2 Å². The van der Waals surface area contributed by atoms with Crippen molar-refractivity contribution in [2.45, 2.75) is 19.4 Å². The molecule has 2 nitrogen and oxygen atoms in total. The molecule has 0 saturated heterocycles. The molecule has 3 N–H and O–H groups in total. The fourth-order valence-electron chi connectivity index (χ4n) is 1.78. The fraction of sp³-hybridized carbons (Fsp3) is 0.231. The molecule has 0 spiro atoms. The van der Waals surface area contributed by atoms with Crippen molar-refractivity contribution in [1.29, 1.82) is 0 Å². The van der Waals surface area contributed by atoms with Crippen molar-refractivity contribution in [2.24, 2.45) is 5.84 Å². The van der Waals surface area contributed by atoms with Gasteiger partial charge in [0.2, 0.25) is 0 Å². The van der Waals surface area contributed by atoms with Gasteiger partial charge in [0.15, 0.2) is 0 Å². The summed E-state index contributed by atoms with van der Waals surface area (Å²) in [4.78, 5) is 1.32. The van der Waals surface area contributed by atoms with Gasteiger partial charge in [0.05, 0.1) is 6.04 Å². The minimum Gasteiger partial charge on any atom is -0.271 e. The van der Waals surface area contributed by atoms with Gasteiger partial charge in [-0.05, 0) is 48.1 Å². The summed E-state index contributed by atoms with van der Waals surface area (Å²) in [6.07, 6.45) is 0.903. The lowest BCUT2D eigenvalue weighted by molar-refractivity contribution is 0.553. The van der Waals surface area contributed by atoms with E-state index in [-0.39, 0.29) is 6.04 Å². The number of rotatable bonds is 4. The minimum atomic E-state index is 0.182. The second-order valence-corrected chi connectivity index (χ2v) is 6.07. The van der Waals surface area contributed by atoms with Crippen molar-refractivity contribution in [3.8, 4) is 0 Å². The Kier molecular flexibility index (Phi) is 4.34. The van der Waals surface area contributed by atoms with E-state index in [0.29, 0.717) is 0 Å². The molecule has 2 rings (SSSR count). The summed E-state index contributed by atoms with van der Waals surface area (Å²) in [5, 5.41) is 2.17. The van der Waals surface area contributed by atoms with Crippen molar-refractivity contribution >= 4 is 27.3 Å². The Hall–Kier alpha value is -0.680. The van der Waals surface area contributed by atoms with E-state index in [0.717, 1.165) is 10.9 Å². The maximum absolute atomic E-state index is 5.64. The molecule has 4 heteroatoms. The third-order valence-electron chi connectivity index (χ3n) is 2.71. The molecule has 0 aliphatic heterocycles. The van der Waals surface area contributed by atoms with Crippen molar-refractivity contribution in [2.75, 3.05) is 0 Å². The molecule has 0 aliphatic rings. The van der Waals surface area contributed by atoms with Gasteiger partial charge in [-0.15, -0.1) is 11.3 Å². The predicted octanol–water partition coefficient (Wildman–Crippen LogP) is 3.57. The summed E-state index contributed by atoms with van der Waals surface area (Å²) in [6.45, 7) is 2.11. The summed E-state index contributed by atoms with van der Waals surface area (Å²) in [6, 6.07) is 10.7. The van der Waals surface area contributed by atoms with E-state index in [1.807, 2.05) is 0 Å². The average molecular weight is 311 g/mol. The van der Waals surface area contributed by atoms with Crippen LogP contribution in [-0.4, -0.2) is 0 Å². The molecule has 1 atom stereocenters. The number of hydrogen-bond acceptors (Lipinski definition) is 3. The first-order valence-electron chi connectivity index (χ1n) is 5.44. The van der Waals surface area contributed by atoms with E-state index in [4.69, 9.17) is 5.84 Å². The molecular weight excluding hydrogens is 296 g/mol. The number of nitrogens with one attached hydrogen (secondary N) is 1. The highest BCUT2D eigenvalue weighted by atomic mass is 79.9. The summed E-state index contributed by atoms with van der Waals surface area (Å²) in [5.41, 5.74) is 5.43. The monoisotopic (exact) mass is 310 g/mol. The second kappa shape index (κ2) is 5.78. The first-order chi connectivity index (χ1) is 8.19. The standard InChI is InChI=1S/C13H15BrN2S/c1-9-6-11(8-17-9)13(16-15)7-10-2-4-12(14)5-3-10/h2-6,8,13,16H,7,15H2,1H3. The number of aryl methyl sites for hydroxylation is 1. The quantitative estimate of drug-likeness (QED) is 0.669. The van der Waals surface area contributed by atoms with Crippen LogP contribution < -0.4 is 11.3 Å². The zero-order valence-electron chi connectivity index (χ0n) is 9.61. The Labute approximate surface area is 114 Å². The normalized spacial score (nSPS) is 12.6. The van der Waals surface area contributed by atoms with E-state index < -0.39 is 0 Å². The first-order valence-corrected chi connectivity index (χ1v) is 7.12. The second-order valence-electron chi connectivity index (χ2n) is 4.04. The molecule has 0 amide bonds. The van der Waals surface area contributed by atoms with Crippen LogP contribution in [0.15, 0.2) is 40.2 Å². The third-order valence-corrected chi connectivity index (χ3v) is 4.12. The maximum Gasteiger partial charge on any atom is 0.0508 e. The van der Waals surface area contributed by atoms with Crippen molar-refractivity contribution in [3.63, 3.8) is 0 Å². The van der Waals surface area contributed by atoms with Crippen LogP contribution >= 0.6 is 27.3 Å². The van der Waals surface area contributed by atoms with Crippen LogP contribution in [0.3, 0.4) is 0 Å². The van der Waals surface area contributed by atoms with Crippen LogP contribution in [0.1, 0.15) is 22.0 Å². The van der Waals surface area contributed by atoms with Crippen molar-refractivity contribution in [1.82, 2.24) is 5.43 Å². The van der Waals surface area contributed by atoms with Crippen LogP contribution in [0.4, 0.5) is 0 Å². The van der Waals surface area contributed by atoms with Gasteiger partial charge in [0.1, 0.15) is 0 Å². The smallest absolute Gasteiger partial charge is 0.0508 e. The lowest BCUT2D eigenvalue weighted by Gasteiger charge is -2.14. The molecule has 17 heavy (non-hydrogen) atoms. The van der Waals surface area contributed by atoms with Crippen LogP contribution in [0.2, 0.25) is 0 Å². The van der Waals surface area contributed by atoms with Gasteiger partial charge >= 0.3 is 0 Å². The minimum absolute atomic E-state index is 0.182. The Balaban J connectivity index is 2.12. The van der Waals surface area contributed by atoms with E-state index in [1.165, 1.54) is 16.0 Å². The molecule has 1 aromatic carbocycles. The lowest BCUT2D eigenvalue weighted by atomic mass is 10.0. The Morgan fingerprint density at radius 1 is 1.35 bits per heavy atom. The van der Waals surface area contributed by atoms with Crippen LogP contribution in [0.5, 0.6) is 0 Å². The fourth-order valence-corrected chi connectivity index (χ4v) is 2.80. The van der Waals surface area contributed by atoms with Gasteiger partial charge < -0.3 is 0 Å². The number of hydrazine groups is 1. The Morgan fingerprint density at radius 2 is 2.06 bits per heavy atom. The zero-order valence-corrected chi connectivity index (χ0v) is 12.0. The highest BCUT2D eigenvalue weighted by Crippen LogP contribution is 2.23. The summed E-state index contributed by atoms with van der Waals surface area (Å²) in [7, 11) is 0. The maximum atomic E-state index is 5.64. The molecule has 0 bridgehead atoms. The highest BCUT2D eigenvalue weighted by molar-refractivity contribution is 9.10. The van der Waals surface area contributed by atoms with E-state index >= 15 is 0 Å². The zero-order chi connectivity index (χ0) is 12.3. The molecule has 0 radical (unpaired) electrons. The van der Waals surface area contributed by atoms with Gasteiger partial charge in [-0.3, -0.25) is 11.3 Å². The number of thiophene rings is 1. The van der Waals surface area contributed by atoms with Gasteiger partial charge in [0, 0.05) is 9.35 Å². The number of benzene rings is 1. The number of hydrogen-bond donors (Lipinski definition) is 2. The molecule has 0 aliphatic carbocycles. The van der Waals surface area contributed by atoms with Gasteiger partial charge in [-0.2, -0.15) is 0 Å². The topological polar surface area (TPSA) is 38.0 Å². The lowest BCUT2D eigenvalue weighted by Crippen LogP contribution is -2.29. The SMILES string of the molecule is Cc1cc(C(Cc2ccc(Br)cc2)NN)cs1.